The fourth-order valence-electron chi connectivity index (χ4n) is 1.14. The molecule has 0 aliphatic carbocycles. The fourth-order valence-corrected chi connectivity index (χ4v) is 2.82. The van der Waals surface area contributed by atoms with Gasteiger partial charge in [0.15, 0.2) is 0 Å². The first kappa shape index (κ1) is 12.0. The standard InChI is InChI=1S/C10H13ClOS2/c1-14(12)8-9(4-2-6-11)10-5-3-7-13-10/h3-5,7H,2,6,8H2,1H3/b9-4-. The largest absolute Gasteiger partial charge is 0.260 e. The molecular formula is C10H13ClOS2. The minimum Gasteiger partial charge on any atom is -0.260 e. The summed E-state index contributed by atoms with van der Waals surface area (Å²) in [6.07, 6.45) is 4.65. The smallest absolute Gasteiger partial charge is 0.0493 e. The van der Waals surface area contributed by atoms with Crippen LogP contribution < -0.4 is 0 Å². The highest BCUT2D eigenvalue weighted by Gasteiger charge is 2.04. The summed E-state index contributed by atoms with van der Waals surface area (Å²) in [6, 6.07) is 4.06. The van der Waals surface area contributed by atoms with Crippen LogP contribution in [0.5, 0.6) is 0 Å². The zero-order valence-corrected chi connectivity index (χ0v) is 10.4. The maximum atomic E-state index is 11.2. The van der Waals surface area contributed by atoms with Crippen LogP contribution in [0.25, 0.3) is 5.57 Å². The summed E-state index contributed by atoms with van der Waals surface area (Å²) in [7, 11) is -0.788. The minimum absolute atomic E-state index is 0.616. The van der Waals surface area contributed by atoms with Crippen molar-refractivity contribution in [3.05, 3.63) is 28.5 Å². The van der Waals surface area contributed by atoms with E-state index in [9.17, 15) is 4.21 Å². The molecule has 0 N–H and O–H groups in total. The van der Waals surface area contributed by atoms with Crippen LogP contribution in [-0.2, 0) is 10.8 Å². The summed E-state index contributed by atoms with van der Waals surface area (Å²) in [5, 5.41) is 2.03. The molecule has 14 heavy (non-hydrogen) atoms. The molecular weight excluding hydrogens is 236 g/mol. The third kappa shape index (κ3) is 3.95. The van der Waals surface area contributed by atoms with Gasteiger partial charge in [0.2, 0.25) is 0 Å². The molecule has 1 rings (SSSR count). The second-order valence-electron chi connectivity index (χ2n) is 2.90. The van der Waals surface area contributed by atoms with Crippen LogP contribution in [-0.4, -0.2) is 22.1 Å². The predicted molar refractivity (Wildman–Crippen MR) is 66.6 cm³/mol. The van der Waals surface area contributed by atoms with Crippen LogP contribution in [0.15, 0.2) is 23.6 Å². The van der Waals surface area contributed by atoms with Gasteiger partial charge in [0.1, 0.15) is 0 Å². The van der Waals surface area contributed by atoms with Gasteiger partial charge in [0.25, 0.3) is 0 Å². The maximum Gasteiger partial charge on any atom is 0.0493 e. The van der Waals surface area contributed by atoms with Crippen molar-refractivity contribution < 1.29 is 4.21 Å². The van der Waals surface area contributed by atoms with Crippen molar-refractivity contribution in [1.29, 1.82) is 0 Å². The molecule has 4 heteroatoms. The normalized spacial score (nSPS) is 14.3. The molecule has 1 nitrogen and oxygen atoms in total. The molecule has 0 aliphatic heterocycles. The molecule has 1 atom stereocenters. The molecule has 0 amide bonds. The highest BCUT2D eigenvalue weighted by atomic mass is 35.5. The average Bonchev–Trinajstić information content (AvgIpc) is 2.64. The van der Waals surface area contributed by atoms with Gasteiger partial charge < -0.3 is 0 Å². The first-order valence-corrected chi connectivity index (χ1v) is 7.47. The molecule has 78 valence electrons. The topological polar surface area (TPSA) is 17.1 Å². The zero-order valence-electron chi connectivity index (χ0n) is 8.03. The number of halogens is 1. The number of rotatable bonds is 5. The van der Waals surface area contributed by atoms with E-state index < -0.39 is 10.8 Å². The Balaban J connectivity index is 2.77. The number of thiophene rings is 1. The lowest BCUT2D eigenvalue weighted by atomic mass is 10.2. The van der Waals surface area contributed by atoms with Gasteiger partial charge in [-0.3, -0.25) is 4.21 Å². The van der Waals surface area contributed by atoms with Gasteiger partial charge in [-0.25, -0.2) is 0 Å². The quantitative estimate of drug-likeness (QED) is 0.732. The van der Waals surface area contributed by atoms with Gasteiger partial charge in [-0.1, -0.05) is 12.1 Å². The Morgan fingerprint density at radius 2 is 2.50 bits per heavy atom. The molecule has 0 saturated carbocycles. The highest BCUT2D eigenvalue weighted by molar-refractivity contribution is 7.84. The molecule has 1 aromatic heterocycles. The van der Waals surface area contributed by atoms with Crippen molar-refractivity contribution >= 4 is 39.3 Å². The number of hydrogen-bond donors (Lipinski definition) is 0. The molecule has 0 aromatic carbocycles. The van der Waals surface area contributed by atoms with E-state index in [0.29, 0.717) is 11.6 Å². The number of alkyl halides is 1. The Morgan fingerprint density at radius 3 is 3.00 bits per heavy atom. The summed E-state index contributed by atoms with van der Waals surface area (Å²) >= 11 is 7.30. The predicted octanol–water partition coefficient (Wildman–Crippen LogP) is 3.14. The fraction of sp³-hybridized carbons (Fsp3) is 0.400. The lowest BCUT2D eigenvalue weighted by molar-refractivity contribution is 0.689. The first-order chi connectivity index (χ1) is 6.74. The molecule has 0 radical (unpaired) electrons. The Hall–Kier alpha value is -0.120. The van der Waals surface area contributed by atoms with Crippen LogP contribution in [0.3, 0.4) is 0 Å². The van der Waals surface area contributed by atoms with Crippen molar-refractivity contribution in [1.82, 2.24) is 0 Å². The van der Waals surface area contributed by atoms with Crippen LogP contribution >= 0.6 is 22.9 Å². The third-order valence-corrected chi connectivity index (χ3v) is 3.58. The summed E-state index contributed by atoms with van der Waals surface area (Å²) in [6.45, 7) is 0. The van der Waals surface area contributed by atoms with E-state index in [1.165, 1.54) is 4.88 Å². The van der Waals surface area contributed by atoms with Gasteiger partial charge in [-0.05, 0) is 23.4 Å². The van der Waals surface area contributed by atoms with Crippen LogP contribution in [0, 0.1) is 0 Å². The highest BCUT2D eigenvalue weighted by Crippen LogP contribution is 2.21. The van der Waals surface area contributed by atoms with Gasteiger partial charge >= 0.3 is 0 Å². The van der Waals surface area contributed by atoms with E-state index in [2.05, 4.69) is 12.1 Å². The Bertz CT molecular complexity index is 317. The van der Waals surface area contributed by atoms with Crippen molar-refractivity contribution in [3.8, 4) is 0 Å². The number of hydrogen-bond acceptors (Lipinski definition) is 2. The summed E-state index contributed by atoms with van der Waals surface area (Å²) in [4.78, 5) is 1.20. The minimum atomic E-state index is -0.788. The van der Waals surface area contributed by atoms with Crippen molar-refractivity contribution in [2.24, 2.45) is 0 Å². The van der Waals surface area contributed by atoms with E-state index in [-0.39, 0.29) is 0 Å². The van der Waals surface area contributed by atoms with Gasteiger partial charge in [0, 0.05) is 33.6 Å². The van der Waals surface area contributed by atoms with Crippen molar-refractivity contribution in [2.75, 3.05) is 17.9 Å². The number of allylic oxidation sites excluding steroid dienone is 1. The van der Waals surface area contributed by atoms with Gasteiger partial charge in [-0.15, -0.1) is 22.9 Å². The lowest BCUT2D eigenvalue weighted by Gasteiger charge is -2.02. The Kier molecular flexibility index (Phi) is 5.45. The molecule has 0 fully saturated rings. The van der Waals surface area contributed by atoms with Crippen LogP contribution in [0.2, 0.25) is 0 Å². The van der Waals surface area contributed by atoms with Crippen LogP contribution in [0.1, 0.15) is 11.3 Å². The van der Waals surface area contributed by atoms with E-state index in [0.717, 1.165) is 12.0 Å². The third-order valence-electron chi connectivity index (χ3n) is 1.70. The molecule has 0 saturated heterocycles. The van der Waals surface area contributed by atoms with Gasteiger partial charge in [0.05, 0.1) is 0 Å². The molecule has 1 heterocycles. The monoisotopic (exact) mass is 248 g/mol. The van der Waals surface area contributed by atoms with Crippen LogP contribution in [0.4, 0.5) is 0 Å². The van der Waals surface area contributed by atoms with E-state index >= 15 is 0 Å². The van der Waals surface area contributed by atoms with E-state index in [1.807, 2.05) is 11.4 Å². The molecule has 0 aliphatic rings. The summed E-state index contributed by atoms with van der Waals surface area (Å²) in [5.41, 5.74) is 1.15. The molecule has 1 aromatic rings. The van der Waals surface area contributed by atoms with Gasteiger partial charge in [-0.2, -0.15) is 0 Å². The molecule has 0 spiro atoms. The molecule has 0 bridgehead atoms. The second kappa shape index (κ2) is 6.38. The molecule has 1 unspecified atom stereocenters. The van der Waals surface area contributed by atoms with Crippen molar-refractivity contribution in [2.45, 2.75) is 6.42 Å². The lowest BCUT2D eigenvalue weighted by Crippen LogP contribution is -1.96. The van der Waals surface area contributed by atoms with E-state index in [1.54, 1.807) is 17.6 Å². The Labute approximate surface area is 96.2 Å². The van der Waals surface area contributed by atoms with Crippen molar-refractivity contribution in [3.63, 3.8) is 0 Å². The summed E-state index contributed by atoms with van der Waals surface area (Å²) in [5.74, 6) is 1.24. The Morgan fingerprint density at radius 1 is 1.71 bits per heavy atom. The SMILES string of the molecule is CS(=O)C/C(=C/CCCl)c1cccs1. The second-order valence-corrected chi connectivity index (χ2v) is 5.66. The average molecular weight is 249 g/mol. The summed E-state index contributed by atoms with van der Waals surface area (Å²) < 4.78 is 11.2. The first-order valence-electron chi connectivity index (χ1n) is 4.33. The van der Waals surface area contributed by atoms with E-state index in [4.69, 9.17) is 11.6 Å². The zero-order chi connectivity index (χ0) is 10.4. The maximum absolute atomic E-state index is 11.2.